The van der Waals surface area contributed by atoms with Crippen LogP contribution in [0.1, 0.15) is 10.4 Å². The summed E-state index contributed by atoms with van der Waals surface area (Å²) in [5, 5.41) is 2.07. The highest BCUT2D eigenvalue weighted by atomic mass is 79.9. The van der Waals surface area contributed by atoms with E-state index in [1.807, 2.05) is 0 Å². The monoisotopic (exact) mass is 314 g/mol. The molecule has 1 N–H and O–H groups in total. The molecule has 1 aromatic carbocycles. The summed E-state index contributed by atoms with van der Waals surface area (Å²) in [5.74, 6) is -2.54. The maximum absolute atomic E-state index is 13.7. The van der Waals surface area contributed by atoms with Crippen molar-refractivity contribution in [2.75, 3.05) is 13.1 Å². The molecule has 1 aromatic rings. The summed E-state index contributed by atoms with van der Waals surface area (Å²) in [7, 11) is 0. The maximum atomic E-state index is 13.7. The van der Waals surface area contributed by atoms with Crippen LogP contribution in [0.5, 0.6) is 0 Å². The third kappa shape index (κ3) is 2.40. The minimum absolute atomic E-state index is 0.154. The molecule has 0 bridgehead atoms. The van der Waals surface area contributed by atoms with Crippen LogP contribution in [-0.4, -0.2) is 35.7 Å². The molecule has 1 saturated heterocycles. The van der Waals surface area contributed by atoms with Crippen molar-refractivity contribution in [3.05, 3.63) is 34.1 Å². The molecule has 3 amide bonds. The van der Waals surface area contributed by atoms with E-state index in [1.54, 1.807) is 0 Å². The van der Waals surface area contributed by atoms with Crippen LogP contribution in [-0.2, 0) is 9.59 Å². The Morgan fingerprint density at radius 3 is 2.50 bits per heavy atom. The van der Waals surface area contributed by atoms with Crippen molar-refractivity contribution in [1.29, 1.82) is 0 Å². The second-order valence-corrected chi connectivity index (χ2v) is 4.59. The first kappa shape index (κ1) is 12.7. The maximum Gasteiger partial charge on any atom is 0.257 e. The average molecular weight is 315 g/mol. The van der Waals surface area contributed by atoms with Crippen molar-refractivity contribution in [2.45, 2.75) is 0 Å². The van der Waals surface area contributed by atoms with Crippen LogP contribution in [0.4, 0.5) is 4.39 Å². The van der Waals surface area contributed by atoms with Gasteiger partial charge < -0.3 is 4.90 Å². The molecule has 1 heterocycles. The van der Waals surface area contributed by atoms with Crippen molar-refractivity contribution < 1.29 is 18.8 Å². The number of imide groups is 1. The SMILES string of the molecule is O=C1CN(C(=O)c2cccc(Br)c2F)CC(=O)N1. The topological polar surface area (TPSA) is 66.5 Å². The Bertz CT molecular complexity index is 531. The highest BCUT2D eigenvalue weighted by molar-refractivity contribution is 9.10. The summed E-state index contributed by atoms with van der Waals surface area (Å²) in [6.07, 6.45) is 0. The predicted octanol–water partition coefficient (Wildman–Crippen LogP) is 0.687. The normalized spacial score (nSPS) is 15.6. The number of nitrogens with zero attached hydrogens (tertiary/aromatic N) is 1. The molecule has 0 saturated carbocycles. The predicted molar refractivity (Wildman–Crippen MR) is 63.2 cm³/mol. The minimum Gasteiger partial charge on any atom is -0.320 e. The van der Waals surface area contributed by atoms with Gasteiger partial charge in [-0.1, -0.05) is 6.07 Å². The molecular formula is C11H8BrFN2O3. The summed E-state index contributed by atoms with van der Waals surface area (Å²) in [6, 6.07) is 4.27. The Labute approximate surface area is 110 Å². The lowest BCUT2D eigenvalue weighted by Crippen LogP contribution is -2.53. The van der Waals surface area contributed by atoms with E-state index < -0.39 is 23.5 Å². The number of nitrogens with one attached hydrogen (secondary N) is 1. The summed E-state index contributed by atoms with van der Waals surface area (Å²) in [5.41, 5.74) is -0.174. The molecule has 0 spiro atoms. The number of hydrogen-bond donors (Lipinski definition) is 1. The van der Waals surface area contributed by atoms with Gasteiger partial charge >= 0.3 is 0 Å². The molecule has 0 radical (unpaired) electrons. The van der Waals surface area contributed by atoms with E-state index >= 15 is 0 Å². The number of rotatable bonds is 1. The van der Waals surface area contributed by atoms with Gasteiger partial charge in [-0.05, 0) is 28.1 Å². The smallest absolute Gasteiger partial charge is 0.257 e. The molecule has 5 nitrogen and oxygen atoms in total. The molecule has 1 fully saturated rings. The molecule has 0 atom stereocenters. The largest absolute Gasteiger partial charge is 0.320 e. The fourth-order valence-corrected chi connectivity index (χ4v) is 1.99. The summed E-state index contributed by atoms with van der Waals surface area (Å²) < 4.78 is 13.9. The quantitative estimate of drug-likeness (QED) is 0.775. The first-order chi connectivity index (χ1) is 8.49. The van der Waals surface area contributed by atoms with Crippen molar-refractivity contribution in [1.82, 2.24) is 10.2 Å². The molecule has 0 aromatic heterocycles. The Morgan fingerprint density at radius 2 is 1.89 bits per heavy atom. The van der Waals surface area contributed by atoms with Gasteiger partial charge in [0.1, 0.15) is 18.9 Å². The summed E-state index contributed by atoms with van der Waals surface area (Å²) in [6.45, 7) is -0.507. The Morgan fingerprint density at radius 1 is 1.28 bits per heavy atom. The van der Waals surface area contributed by atoms with Crippen molar-refractivity contribution >= 4 is 33.7 Å². The van der Waals surface area contributed by atoms with Crippen LogP contribution >= 0.6 is 15.9 Å². The zero-order valence-electron chi connectivity index (χ0n) is 9.07. The van der Waals surface area contributed by atoms with Crippen LogP contribution in [0, 0.1) is 5.82 Å². The molecule has 1 aliphatic rings. The van der Waals surface area contributed by atoms with Gasteiger partial charge in [-0.15, -0.1) is 0 Å². The molecule has 18 heavy (non-hydrogen) atoms. The molecule has 7 heteroatoms. The van der Waals surface area contributed by atoms with Crippen LogP contribution in [0.3, 0.4) is 0 Å². The summed E-state index contributed by atoms with van der Waals surface area (Å²) in [4.78, 5) is 35.3. The van der Waals surface area contributed by atoms with Gasteiger partial charge in [-0.25, -0.2) is 4.39 Å². The number of piperazine rings is 1. The first-order valence-electron chi connectivity index (χ1n) is 5.05. The molecule has 0 aliphatic carbocycles. The number of halogens is 2. The zero-order valence-corrected chi connectivity index (χ0v) is 10.7. The zero-order chi connectivity index (χ0) is 13.3. The van der Waals surface area contributed by atoms with Crippen molar-refractivity contribution in [2.24, 2.45) is 0 Å². The molecule has 0 unspecified atom stereocenters. The lowest BCUT2D eigenvalue weighted by molar-refractivity contribution is -0.135. The molecular weight excluding hydrogens is 307 g/mol. The third-order valence-electron chi connectivity index (χ3n) is 2.42. The van der Waals surface area contributed by atoms with Crippen LogP contribution < -0.4 is 5.32 Å². The van der Waals surface area contributed by atoms with E-state index in [2.05, 4.69) is 21.2 Å². The Kier molecular flexibility index (Phi) is 3.42. The number of carbonyl (C=O) groups is 3. The molecule has 2 rings (SSSR count). The van der Waals surface area contributed by atoms with E-state index in [9.17, 15) is 18.8 Å². The minimum atomic E-state index is -0.707. The van der Waals surface area contributed by atoms with E-state index in [4.69, 9.17) is 0 Å². The van der Waals surface area contributed by atoms with Crippen LogP contribution in [0.2, 0.25) is 0 Å². The number of hydrogen-bond acceptors (Lipinski definition) is 3. The van der Waals surface area contributed by atoms with E-state index in [0.29, 0.717) is 0 Å². The summed E-state index contributed by atoms with van der Waals surface area (Å²) >= 11 is 2.97. The van der Waals surface area contributed by atoms with E-state index in [-0.39, 0.29) is 23.1 Å². The second-order valence-electron chi connectivity index (χ2n) is 3.73. The van der Waals surface area contributed by atoms with Gasteiger partial charge in [0.2, 0.25) is 11.8 Å². The van der Waals surface area contributed by atoms with Crippen LogP contribution in [0.15, 0.2) is 22.7 Å². The average Bonchev–Trinajstić information content (AvgIpc) is 2.30. The van der Waals surface area contributed by atoms with Gasteiger partial charge in [-0.3, -0.25) is 19.7 Å². The first-order valence-corrected chi connectivity index (χ1v) is 5.84. The number of benzene rings is 1. The van der Waals surface area contributed by atoms with Crippen molar-refractivity contribution in [3.8, 4) is 0 Å². The number of amides is 3. The second kappa shape index (κ2) is 4.85. The van der Waals surface area contributed by atoms with Gasteiger partial charge in [0.25, 0.3) is 5.91 Å². The number of carbonyl (C=O) groups excluding carboxylic acids is 3. The van der Waals surface area contributed by atoms with Crippen LogP contribution in [0.25, 0.3) is 0 Å². The van der Waals surface area contributed by atoms with E-state index in [0.717, 1.165) is 4.90 Å². The lowest BCUT2D eigenvalue weighted by atomic mass is 10.1. The highest BCUT2D eigenvalue weighted by Gasteiger charge is 2.28. The fourth-order valence-electron chi connectivity index (χ4n) is 1.62. The van der Waals surface area contributed by atoms with E-state index in [1.165, 1.54) is 18.2 Å². The third-order valence-corrected chi connectivity index (χ3v) is 3.03. The Balaban J connectivity index is 2.28. The molecule has 1 aliphatic heterocycles. The fraction of sp³-hybridized carbons (Fsp3) is 0.182. The van der Waals surface area contributed by atoms with Gasteiger partial charge in [0.15, 0.2) is 0 Å². The van der Waals surface area contributed by atoms with Gasteiger partial charge in [-0.2, -0.15) is 0 Å². The molecule has 94 valence electrons. The standard InChI is InChI=1S/C11H8BrFN2O3/c12-7-3-1-2-6(10(7)13)11(18)15-4-8(16)14-9(17)5-15/h1-3H,4-5H2,(H,14,16,17). The van der Waals surface area contributed by atoms with Crippen molar-refractivity contribution in [3.63, 3.8) is 0 Å². The Hall–Kier alpha value is -1.76. The highest BCUT2D eigenvalue weighted by Crippen LogP contribution is 2.20. The van der Waals surface area contributed by atoms with Gasteiger partial charge in [0, 0.05) is 0 Å². The lowest BCUT2D eigenvalue weighted by Gasteiger charge is -2.25. The van der Waals surface area contributed by atoms with Gasteiger partial charge in [0.05, 0.1) is 10.0 Å².